The molecule has 0 radical (unpaired) electrons. The van der Waals surface area contributed by atoms with Gasteiger partial charge < -0.3 is 53.7 Å². The second-order valence-electron chi connectivity index (χ2n) is 1.25. The molecule has 0 unspecified atom stereocenters. The van der Waals surface area contributed by atoms with Crippen LogP contribution in [0.4, 0.5) is 5.82 Å². The molecule has 5 heteroatoms. The van der Waals surface area contributed by atoms with Gasteiger partial charge in [0.05, 0.1) is 0 Å². The van der Waals surface area contributed by atoms with Crippen molar-refractivity contribution in [3.8, 4) is 0 Å². The van der Waals surface area contributed by atoms with Crippen LogP contribution in [-0.4, -0.2) is 4.98 Å². The van der Waals surface area contributed by atoms with Crippen LogP contribution in [0.1, 0.15) is 0 Å². The monoisotopic (exact) mass is 550 g/mol. The smallest absolute Gasteiger partial charge is 1.00 e. The van der Waals surface area contributed by atoms with E-state index < -0.39 is 0 Å². The number of rotatable bonds is 0. The van der Waals surface area contributed by atoms with Gasteiger partial charge in [-0.3, -0.25) is 0 Å². The van der Waals surface area contributed by atoms with Gasteiger partial charge in [0, 0.05) is 6.20 Å². The van der Waals surface area contributed by atoms with Crippen molar-refractivity contribution in [2.45, 2.75) is 0 Å². The van der Waals surface area contributed by atoms with Crippen molar-refractivity contribution >= 4 is 5.82 Å². The first-order valence-corrected chi connectivity index (χ1v) is 2.06. The quantitative estimate of drug-likeness (QED) is 0.260. The number of anilines is 1. The van der Waals surface area contributed by atoms with Crippen molar-refractivity contribution in [3.63, 3.8) is 0 Å². The van der Waals surface area contributed by atoms with Gasteiger partial charge >= 0.3 is 27.7 Å². The zero-order chi connectivity index (χ0) is 5.11. The molecule has 0 saturated heterocycles. The number of halogens is 2. The van der Waals surface area contributed by atoms with Crippen molar-refractivity contribution in [2.75, 3.05) is 5.73 Å². The van der Waals surface area contributed by atoms with Crippen LogP contribution in [-0.2, 0) is 27.7 Å². The number of hydrogen-bond donors (Lipinski definition) is 1. The molecule has 1 aromatic rings. The van der Waals surface area contributed by atoms with E-state index in [9.17, 15) is 0 Å². The van der Waals surface area contributed by atoms with Crippen LogP contribution in [0, 0.1) is 0 Å². The molecule has 0 saturated carbocycles. The van der Waals surface area contributed by atoms with Gasteiger partial charge in [-0.1, -0.05) is 6.07 Å². The zero-order valence-electron chi connectivity index (χ0n) is 5.30. The van der Waals surface area contributed by atoms with Crippen LogP contribution in [0.5, 0.6) is 0 Å². The molecule has 1 heterocycles. The Morgan fingerprint density at radius 2 is 1.80 bits per heavy atom. The molecular weight excluding hydrogens is 542 g/mol. The number of nitrogens with two attached hydrogens (primary N) is 1. The van der Waals surface area contributed by atoms with E-state index in [4.69, 9.17) is 5.73 Å². The molecule has 2 N–H and O–H groups in total. The summed E-state index contributed by atoms with van der Waals surface area (Å²) in [6, 6.07) is 5.43. The molecule has 1 rings (SSSR count). The number of pyridine rings is 1. The van der Waals surface area contributed by atoms with Gasteiger partial charge in [-0.05, 0) is 12.1 Å². The minimum absolute atomic E-state index is 0. The molecule has 0 spiro atoms. The van der Waals surface area contributed by atoms with Gasteiger partial charge in [-0.15, -0.1) is 0 Å². The summed E-state index contributed by atoms with van der Waals surface area (Å²) in [6.45, 7) is 0. The maximum absolute atomic E-state index is 5.25. The van der Waals surface area contributed by atoms with Crippen molar-refractivity contribution < 1.29 is 75.6 Å². The second-order valence-corrected chi connectivity index (χ2v) is 1.25. The topological polar surface area (TPSA) is 38.9 Å². The SMILES string of the molecule is Nc1ccccn1.[Hg+2].[I-].[I-]. The summed E-state index contributed by atoms with van der Waals surface area (Å²) in [7, 11) is 0. The molecule has 1 aromatic heterocycles. The Morgan fingerprint density at radius 3 is 2.00 bits per heavy atom. The number of nitrogens with zero attached hydrogens (tertiary/aromatic N) is 1. The average molecular weight is 549 g/mol. The summed E-state index contributed by atoms with van der Waals surface area (Å²) < 4.78 is 0. The minimum Gasteiger partial charge on any atom is -1.00 e. The molecule has 0 aliphatic heterocycles. The van der Waals surface area contributed by atoms with Gasteiger partial charge in [-0.2, -0.15) is 0 Å². The molecule has 0 atom stereocenters. The molecule has 0 amide bonds. The molecular formula is C5H6HgI2N2. The third kappa shape index (κ3) is 7.45. The first kappa shape index (κ1) is 17.4. The summed E-state index contributed by atoms with van der Waals surface area (Å²) in [4.78, 5) is 3.76. The number of nitrogen functional groups attached to an aromatic ring is 1. The molecule has 2 nitrogen and oxygen atoms in total. The third-order valence-corrected chi connectivity index (χ3v) is 0.688. The standard InChI is InChI=1S/C5H6N2.Hg.2HI/c6-5-3-1-2-4-7-5;;;/h1-4H,(H2,6,7);;2*1H/q;+2;;/p-2. The number of hydrogen-bond acceptors (Lipinski definition) is 2. The summed E-state index contributed by atoms with van der Waals surface area (Å²) >= 11 is 0. The zero-order valence-corrected chi connectivity index (χ0v) is 15.1. The molecule has 10 heavy (non-hydrogen) atoms. The maximum atomic E-state index is 5.25. The average Bonchev–Trinajstić information content (AvgIpc) is 1.69. The van der Waals surface area contributed by atoms with Crippen molar-refractivity contribution in [3.05, 3.63) is 24.4 Å². The van der Waals surface area contributed by atoms with E-state index >= 15 is 0 Å². The Bertz CT molecular complexity index is 148. The Morgan fingerprint density at radius 1 is 1.20 bits per heavy atom. The molecule has 0 aliphatic rings. The van der Waals surface area contributed by atoms with Crippen LogP contribution in [0.25, 0.3) is 0 Å². The van der Waals surface area contributed by atoms with Crippen LogP contribution < -0.4 is 53.7 Å². The third-order valence-electron chi connectivity index (χ3n) is 0.688. The van der Waals surface area contributed by atoms with Crippen molar-refractivity contribution in [2.24, 2.45) is 0 Å². The molecule has 0 bridgehead atoms. The predicted octanol–water partition coefficient (Wildman–Crippen LogP) is -5.33. The fraction of sp³-hybridized carbons (Fsp3) is 0. The van der Waals surface area contributed by atoms with E-state index in [0.29, 0.717) is 5.82 Å². The first-order valence-electron chi connectivity index (χ1n) is 2.06. The summed E-state index contributed by atoms with van der Waals surface area (Å²) in [5.74, 6) is 0.572. The van der Waals surface area contributed by atoms with Crippen molar-refractivity contribution in [1.29, 1.82) is 0 Å². The van der Waals surface area contributed by atoms with Crippen LogP contribution in [0.15, 0.2) is 24.4 Å². The maximum Gasteiger partial charge on any atom is 2.00 e. The van der Waals surface area contributed by atoms with Gasteiger partial charge in [0.2, 0.25) is 0 Å². The summed E-state index contributed by atoms with van der Waals surface area (Å²) in [6.07, 6.45) is 1.66. The van der Waals surface area contributed by atoms with Crippen molar-refractivity contribution in [1.82, 2.24) is 4.98 Å². The summed E-state index contributed by atoms with van der Waals surface area (Å²) in [5, 5.41) is 0. The number of aromatic nitrogens is 1. The Balaban J connectivity index is -0.000000163. The van der Waals surface area contributed by atoms with Gasteiger partial charge in [-0.25, -0.2) is 4.98 Å². The van der Waals surface area contributed by atoms with Crippen LogP contribution >= 0.6 is 0 Å². The van der Waals surface area contributed by atoms with E-state index in [1.165, 1.54) is 0 Å². The Labute approximate surface area is 115 Å². The molecule has 0 fully saturated rings. The normalized spacial score (nSPS) is 6.00. The minimum atomic E-state index is 0. The molecule has 0 aromatic carbocycles. The van der Waals surface area contributed by atoms with E-state index in [2.05, 4.69) is 4.98 Å². The molecule has 0 aliphatic carbocycles. The Hall–Kier alpha value is 1.35. The molecule has 52 valence electrons. The Kier molecular flexibility index (Phi) is 18.0. The fourth-order valence-corrected chi connectivity index (χ4v) is 0.376. The van der Waals surface area contributed by atoms with Gasteiger partial charge in [0.15, 0.2) is 0 Å². The largest absolute Gasteiger partial charge is 2.00 e. The van der Waals surface area contributed by atoms with E-state index in [1.54, 1.807) is 12.3 Å². The van der Waals surface area contributed by atoms with E-state index in [-0.39, 0.29) is 75.6 Å². The van der Waals surface area contributed by atoms with Gasteiger partial charge in [0.1, 0.15) is 5.82 Å². The van der Waals surface area contributed by atoms with Crippen LogP contribution in [0.3, 0.4) is 0 Å². The predicted molar refractivity (Wildman–Crippen MR) is 28.6 cm³/mol. The first-order chi connectivity index (χ1) is 3.39. The summed E-state index contributed by atoms with van der Waals surface area (Å²) in [5.41, 5.74) is 5.25. The van der Waals surface area contributed by atoms with E-state index in [0.717, 1.165) is 0 Å². The van der Waals surface area contributed by atoms with E-state index in [1.807, 2.05) is 12.1 Å². The van der Waals surface area contributed by atoms with Gasteiger partial charge in [0.25, 0.3) is 0 Å². The second kappa shape index (κ2) is 10.3. The van der Waals surface area contributed by atoms with Crippen LogP contribution in [0.2, 0.25) is 0 Å². The fourth-order valence-electron chi connectivity index (χ4n) is 0.376.